The summed E-state index contributed by atoms with van der Waals surface area (Å²) in [6.45, 7) is 2.74. The minimum absolute atomic E-state index is 0.0813. The fraction of sp³-hybridized carbons (Fsp3) is 0.158. The summed E-state index contributed by atoms with van der Waals surface area (Å²) >= 11 is 0. The van der Waals surface area contributed by atoms with Gasteiger partial charge in [-0.1, -0.05) is 30.3 Å². The van der Waals surface area contributed by atoms with Crippen LogP contribution in [0.2, 0.25) is 0 Å². The van der Waals surface area contributed by atoms with Gasteiger partial charge in [-0.25, -0.2) is 19.9 Å². The van der Waals surface area contributed by atoms with Gasteiger partial charge >= 0.3 is 0 Å². The zero-order valence-corrected chi connectivity index (χ0v) is 14.4. The van der Waals surface area contributed by atoms with Gasteiger partial charge < -0.3 is 15.6 Å². The summed E-state index contributed by atoms with van der Waals surface area (Å²) in [6, 6.07) is 15.8. The van der Waals surface area contributed by atoms with Gasteiger partial charge in [0, 0.05) is 12.3 Å². The highest BCUT2D eigenvalue weighted by Gasteiger charge is 2.18. The van der Waals surface area contributed by atoms with Gasteiger partial charge in [-0.3, -0.25) is 0 Å². The molecule has 4 aromatic rings. The van der Waals surface area contributed by atoms with E-state index in [1.54, 1.807) is 12.3 Å². The number of anilines is 2. The molecule has 0 spiro atoms. The first-order valence-corrected chi connectivity index (χ1v) is 8.40. The lowest BCUT2D eigenvalue weighted by atomic mass is 10.2. The lowest BCUT2D eigenvalue weighted by Crippen LogP contribution is -2.15. The molecular formula is C19H19N7. The topological polar surface area (TPSA) is 94.5 Å². The van der Waals surface area contributed by atoms with Crippen LogP contribution in [0, 0.1) is 0 Å². The largest absolute Gasteiger partial charge is 0.384 e. The van der Waals surface area contributed by atoms with Crippen molar-refractivity contribution < 1.29 is 0 Å². The Kier molecular flexibility index (Phi) is 4.18. The molecule has 0 fully saturated rings. The van der Waals surface area contributed by atoms with Crippen LogP contribution in [0.4, 0.5) is 11.6 Å². The minimum Gasteiger partial charge on any atom is -0.384 e. The fourth-order valence-corrected chi connectivity index (χ4v) is 2.97. The van der Waals surface area contributed by atoms with E-state index < -0.39 is 0 Å². The number of aromatic nitrogens is 5. The molecule has 26 heavy (non-hydrogen) atoms. The third-order valence-electron chi connectivity index (χ3n) is 4.16. The molecule has 1 aromatic carbocycles. The number of pyridine rings is 1. The Bertz CT molecular complexity index is 1030. The van der Waals surface area contributed by atoms with Gasteiger partial charge in [-0.15, -0.1) is 0 Å². The first-order valence-electron chi connectivity index (χ1n) is 8.40. The number of nitrogen functional groups attached to an aromatic ring is 1. The normalized spacial score (nSPS) is 12.2. The predicted molar refractivity (Wildman–Crippen MR) is 102 cm³/mol. The SMILES string of the molecule is C[C@H](Nc1cc(N)ncn1)c1nc2cccnc2n1Cc1ccccc1. The molecule has 3 heterocycles. The summed E-state index contributed by atoms with van der Waals surface area (Å²) in [7, 11) is 0. The van der Waals surface area contributed by atoms with Crippen molar-refractivity contribution in [1.82, 2.24) is 24.5 Å². The molecule has 130 valence electrons. The molecule has 3 aromatic heterocycles. The molecule has 0 aliphatic heterocycles. The molecule has 0 aliphatic rings. The summed E-state index contributed by atoms with van der Waals surface area (Å²) in [5, 5.41) is 3.34. The molecule has 0 aliphatic carbocycles. The van der Waals surface area contributed by atoms with Crippen LogP contribution in [0.5, 0.6) is 0 Å². The van der Waals surface area contributed by atoms with Crippen LogP contribution in [-0.2, 0) is 6.54 Å². The molecule has 0 unspecified atom stereocenters. The first kappa shape index (κ1) is 16.0. The lowest BCUT2D eigenvalue weighted by molar-refractivity contribution is 0.685. The van der Waals surface area contributed by atoms with Crippen LogP contribution in [0.15, 0.2) is 61.1 Å². The molecule has 7 nitrogen and oxygen atoms in total. The average molecular weight is 345 g/mol. The van der Waals surface area contributed by atoms with Crippen molar-refractivity contribution in [2.45, 2.75) is 19.5 Å². The molecule has 0 saturated carbocycles. The number of nitrogens with zero attached hydrogens (tertiary/aromatic N) is 5. The maximum absolute atomic E-state index is 5.74. The van der Waals surface area contributed by atoms with Gasteiger partial charge in [0.2, 0.25) is 0 Å². The maximum atomic E-state index is 5.74. The van der Waals surface area contributed by atoms with Gasteiger partial charge in [0.1, 0.15) is 29.3 Å². The number of nitrogens with two attached hydrogens (primary N) is 1. The van der Waals surface area contributed by atoms with E-state index in [2.05, 4.69) is 37.0 Å². The molecule has 7 heteroatoms. The van der Waals surface area contributed by atoms with E-state index in [1.807, 2.05) is 37.3 Å². The highest BCUT2D eigenvalue weighted by molar-refractivity contribution is 5.71. The number of imidazole rings is 1. The quantitative estimate of drug-likeness (QED) is 0.577. The van der Waals surface area contributed by atoms with Gasteiger partial charge in [-0.05, 0) is 24.6 Å². The number of benzene rings is 1. The van der Waals surface area contributed by atoms with Gasteiger partial charge in [-0.2, -0.15) is 0 Å². The Morgan fingerprint density at radius 2 is 1.92 bits per heavy atom. The number of rotatable bonds is 5. The molecule has 0 amide bonds. The summed E-state index contributed by atoms with van der Waals surface area (Å²) in [6.07, 6.45) is 3.23. The second-order valence-electron chi connectivity index (χ2n) is 6.08. The molecule has 0 radical (unpaired) electrons. The Hall–Kier alpha value is -3.48. The van der Waals surface area contributed by atoms with Crippen molar-refractivity contribution in [1.29, 1.82) is 0 Å². The van der Waals surface area contributed by atoms with E-state index in [0.717, 1.165) is 17.0 Å². The van der Waals surface area contributed by atoms with Crippen molar-refractivity contribution in [3.8, 4) is 0 Å². The van der Waals surface area contributed by atoms with Crippen molar-refractivity contribution >= 4 is 22.8 Å². The van der Waals surface area contributed by atoms with Gasteiger partial charge in [0.15, 0.2) is 5.65 Å². The van der Waals surface area contributed by atoms with Crippen LogP contribution in [0.25, 0.3) is 11.2 Å². The van der Waals surface area contributed by atoms with Crippen molar-refractivity contribution in [2.75, 3.05) is 11.1 Å². The van der Waals surface area contributed by atoms with E-state index in [9.17, 15) is 0 Å². The van der Waals surface area contributed by atoms with Crippen molar-refractivity contribution in [2.24, 2.45) is 0 Å². The summed E-state index contributed by atoms with van der Waals surface area (Å²) in [4.78, 5) is 17.5. The predicted octanol–water partition coefficient (Wildman–Crippen LogP) is 3.02. The van der Waals surface area contributed by atoms with Crippen LogP contribution in [0.1, 0.15) is 24.4 Å². The van der Waals surface area contributed by atoms with E-state index >= 15 is 0 Å². The van der Waals surface area contributed by atoms with E-state index in [-0.39, 0.29) is 6.04 Å². The molecular weight excluding hydrogens is 326 g/mol. The monoisotopic (exact) mass is 345 g/mol. The van der Waals surface area contributed by atoms with Gasteiger partial charge in [0.25, 0.3) is 0 Å². The summed E-state index contributed by atoms with van der Waals surface area (Å²) in [5.74, 6) is 1.98. The Morgan fingerprint density at radius 1 is 1.08 bits per heavy atom. The Morgan fingerprint density at radius 3 is 2.73 bits per heavy atom. The number of fused-ring (bicyclic) bond motifs is 1. The van der Waals surface area contributed by atoms with E-state index in [0.29, 0.717) is 18.2 Å². The number of hydrogen-bond acceptors (Lipinski definition) is 6. The average Bonchev–Trinajstić information content (AvgIpc) is 3.01. The fourth-order valence-electron chi connectivity index (χ4n) is 2.97. The smallest absolute Gasteiger partial charge is 0.160 e. The zero-order valence-electron chi connectivity index (χ0n) is 14.4. The second-order valence-corrected chi connectivity index (χ2v) is 6.08. The summed E-state index contributed by atoms with van der Waals surface area (Å²) in [5.41, 5.74) is 8.67. The molecule has 1 atom stereocenters. The van der Waals surface area contributed by atoms with E-state index in [4.69, 9.17) is 10.7 Å². The number of hydrogen-bond donors (Lipinski definition) is 2. The molecule has 3 N–H and O–H groups in total. The van der Waals surface area contributed by atoms with Crippen LogP contribution in [-0.4, -0.2) is 24.5 Å². The van der Waals surface area contributed by atoms with Crippen LogP contribution >= 0.6 is 0 Å². The van der Waals surface area contributed by atoms with E-state index in [1.165, 1.54) is 11.9 Å². The minimum atomic E-state index is -0.0813. The van der Waals surface area contributed by atoms with Crippen molar-refractivity contribution in [3.05, 3.63) is 72.4 Å². The second kappa shape index (κ2) is 6.79. The van der Waals surface area contributed by atoms with Crippen LogP contribution < -0.4 is 11.1 Å². The Balaban J connectivity index is 1.72. The zero-order chi connectivity index (χ0) is 17.9. The number of nitrogens with one attached hydrogen (secondary N) is 1. The standard InChI is InChI=1S/C19H19N7/c1-13(24-17-10-16(20)22-12-23-17)18-25-15-8-5-9-21-19(15)26(18)11-14-6-3-2-4-7-14/h2-10,12-13H,11H2,1H3,(H3,20,22,23,24)/t13-/m0/s1. The maximum Gasteiger partial charge on any atom is 0.160 e. The van der Waals surface area contributed by atoms with Crippen LogP contribution in [0.3, 0.4) is 0 Å². The third kappa shape index (κ3) is 3.19. The highest BCUT2D eigenvalue weighted by atomic mass is 15.2. The van der Waals surface area contributed by atoms with Crippen molar-refractivity contribution in [3.63, 3.8) is 0 Å². The van der Waals surface area contributed by atoms with Gasteiger partial charge in [0.05, 0.1) is 12.6 Å². The molecule has 0 bridgehead atoms. The first-order chi connectivity index (χ1) is 12.7. The summed E-state index contributed by atoms with van der Waals surface area (Å²) < 4.78 is 2.13. The molecule has 4 rings (SSSR count). The third-order valence-corrected chi connectivity index (χ3v) is 4.16. The highest BCUT2D eigenvalue weighted by Crippen LogP contribution is 2.23. The lowest BCUT2D eigenvalue weighted by Gasteiger charge is -2.16. The molecule has 0 saturated heterocycles. The Labute approximate surface area is 151 Å².